The Morgan fingerprint density at radius 3 is 2.78 bits per heavy atom. The summed E-state index contributed by atoms with van der Waals surface area (Å²) in [5.74, 6) is 0.330. The quantitative estimate of drug-likeness (QED) is 0.856. The van der Waals surface area contributed by atoms with Crippen LogP contribution in [0.2, 0.25) is 0 Å². The highest BCUT2D eigenvalue weighted by atomic mass is 16.3. The molecule has 0 spiro atoms. The van der Waals surface area contributed by atoms with E-state index >= 15 is 0 Å². The average molecular weight is 248 g/mol. The summed E-state index contributed by atoms with van der Waals surface area (Å²) in [4.78, 5) is 2.42. The molecule has 3 nitrogen and oxygen atoms in total. The van der Waals surface area contributed by atoms with Crippen molar-refractivity contribution in [3.63, 3.8) is 0 Å². The van der Waals surface area contributed by atoms with E-state index in [-0.39, 0.29) is 12.1 Å². The van der Waals surface area contributed by atoms with Gasteiger partial charge in [-0.25, -0.2) is 0 Å². The minimum atomic E-state index is -0.156. The molecule has 2 rings (SSSR count). The van der Waals surface area contributed by atoms with Crippen LogP contribution in [0.25, 0.3) is 0 Å². The molecule has 3 unspecified atom stereocenters. The lowest BCUT2D eigenvalue weighted by atomic mass is 9.92. The van der Waals surface area contributed by atoms with E-state index in [1.165, 1.54) is 11.1 Å². The van der Waals surface area contributed by atoms with Gasteiger partial charge in [-0.15, -0.1) is 0 Å². The molecule has 3 N–H and O–H groups in total. The Balaban J connectivity index is 2.17. The molecule has 0 bridgehead atoms. The van der Waals surface area contributed by atoms with Crippen LogP contribution in [0.1, 0.15) is 30.5 Å². The Bertz CT molecular complexity index is 394. The minimum Gasteiger partial charge on any atom is -0.393 e. The first-order chi connectivity index (χ1) is 8.63. The fourth-order valence-corrected chi connectivity index (χ4v) is 2.88. The summed E-state index contributed by atoms with van der Waals surface area (Å²) in [5, 5.41) is 9.82. The van der Waals surface area contributed by atoms with E-state index in [1.54, 1.807) is 0 Å². The Kier molecular flexibility index (Phi) is 4.38. The molecule has 0 radical (unpaired) electrons. The van der Waals surface area contributed by atoms with Gasteiger partial charge >= 0.3 is 0 Å². The van der Waals surface area contributed by atoms with Crippen molar-refractivity contribution in [2.24, 2.45) is 11.7 Å². The van der Waals surface area contributed by atoms with E-state index in [2.05, 4.69) is 43.0 Å². The normalized spacial score (nSPS) is 27.1. The number of hydrogen-bond donors (Lipinski definition) is 2. The predicted octanol–water partition coefficient (Wildman–Crippen LogP) is 1.70. The first kappa shape index (κ1) is 13.5. The van der Waals surface area contributed by atoms with Crippen molar-refractivity contribution in [2.45, 2.75) is 32.4 Å². The molecule has 100 valence electrons. The van der Waals surface area contributed by atoms with Gasteiger partial charge in [-0.05, 0) is 30.4 Å². The summed E-state index contributed by atoms with van der Waals surface area (Å²) in [6.07, 6.45) is 0.695. The van der Waals surface area contributed by atoms with Crippen LogP contribution in [0.5, 0.6) is 0 Å². The number of benzene rings is 1. The van der Waals surface area contributed by atoms with Crippen LogP contribution in [-0.4, -0.2) is 35.7 Å². The lowest BCUT2D eigenvalue weighted by Crippen LogP contribution is -2.45. The number of aliphatic hydroxyl groups excluding tert-OH is 1. The lowest BCUT2D eigenvalue weighted by Gasteiger charge is -2.39. The van der Waals surface area contributed by atoms with E-state index < -0.39 is 0 Å². The third kappa shape index (κ3) is 2.74. The highest BCUT2D eigenvalue weighted by Crippen LogP contribution is 2.28. The van der Waals surface area contributed by atoms with E-state index in [9.17, 15) is 5.11 Å². The second kappa shape index (κ2) is 5.83. The molecule has 1 saturated heterocycles. The smallest absolute Gasteiger partial charge is 0.0590 e. The molecule has 0 saturated carbocycles. The zero-order valence-corrected chi connectivity index (χ0v) is 11.3. The number of hydrogen-bond acceptors (Lipinski definition) is 3. The minimum absolute atomic E-state index is 0.156. The molecule has 0 amide bonds. The Labute approximate surface area is 110 Å². The van der Waals surface area contributed by atoms with Crippen LogP contribution in [0.3, 0.4) is 0 Å². The first-order valence-electron chi connectivity index (χ1n) is 6.81. The zero-order chi connectivity index (χ0) is 13.1. The number of rotatable bonds is 3. The van der Waals surface area contributed by atoms with Crippen molar-refractivity contribution in [2.75, 3.05) is 19.6 Å². The van der Waals surface area contributed by atoms with Crippen molar-refractivity contribution in [1.82, 2.24) is 4.90 Å². The molecule has 18 heavy (non-hydrogen) atoms. The number of piperidine rings is 1. The van der Waals surface area contributed by atoms with Crippen molar-refractivity contribution >= 4 is 0 Å². The SMILES string of the molecule is Cc1ccccc1C(CN)N1CCC(O)C(C)C1. The van der Waals surface area contributed by atoms with E-state index in [0.29, 0.717) is 12.5 Å². The predicted molar refractivity (Wildman–Crippen MR) is 74.3 cm³/mol. The number of likely N-dealkylation sites (tertiary alicyclic amines) is 1. The van der Waals surface area contributed by atoms with Crippen LogP contribution in [-0.2, 0) is 0 Å². The summed E-state index contributed by atoms with van der Waals surface area (Å²) in [5.41, 5.74) is 8.60. The van der Waals surface area contributed by atoms with Crippen molar-refractivity contribution in [3.8, 4) is 0 Å². The van der Waals surface area contributed by atoms with E-state index in [0.717, 1.165) is 19.5 Å². The van der Waals surface area contributed by atoms with E-state index in [1.807, 2.05) is 0 Å². The van der Waals surface area contributed by atoms with Gasteiger partial charge in [-0.3, -0.25) is 4.90 Å². The second-order valence-corrected chi connectivity index (χ2v) is 5.44. The Morgan fingerprint density at radius 1 is 1.44 bits per heavy atom. The molecular weight excluding hydrogens is 224 g/mol. The first-order valence-corrected chi connectivity index (χ1v) is 6.81. The Hall–Kier alpha value is -0.900. The van der Waals surface area contributed by atoms with Gasteiger partial charge in [0.25, 0.3) is 0 Å². The molecule has 1 aliphatic heterocycles. The van der Waals surface area contributed by atoms with E-state index in [4.69, 9.17) is 5.73 Å². The summed E-state index contributed by atoms with van der Waals surface area (Å²) >= 11 is 0. The Morgan fingerprint density at radius 2 is 2.17 bits per heavy atom. The monoisotopic (exact) mass is 248 g/mol. The molecule has 1 aromatic carbocycles. The number of nitrogens with two attached hydrogens (primary N) is 1. The third-order valence-corrected chi connectivity index (χ3v) is 4.10. The second-order valence-electron chi connectivity index (χ2n) is 5.44. The maximum absolute atomic E-state index is 9.82. The molecule has 1 aliphatic rings. The molecule has 0 aliphatic carbocycles. The number of nitrogens with zero attached hydrogens (tertiary/aromatic N) is 1. The summed E-state index contributed by atoms with van der Waals surface area (Å²) < 4.78 is 0. The van der Waals surface area contributed by atoms with Gasteiger partial charge in [-0.1, -0.05) is 31.2 Å². The van der Waals surface area contributed by atoms with Gasteiger partial charge in [0.15, 0.2) is 0 Å². The molecule has 1 aromatic rings. The zero-order valence-electron chi connectivity index (χ0n) is 11.3. The van der Waals surface area contributed by atoms with Gasteiger partial charge in [0.1, 0.15) is 0 Å². The van der Waals surface area contributed by atoms with Crippen molar-refractivity contribution in [3.05, 3.63) is 35.4 Å². The molecule has 3 heteroatoms. The largest absolute Gasteiger partial charge is 0.393 e. The molecule has 1 fully saturated rings. The van der Waals surface area contributed by atoms with Crippen LogP contribution in [0, 0.1) is 12.8 Å². The summed E-state index contributed by atoms with van der Waals surface area (Å²) in [6.45, 7) is 6.75. The fourth-order valence-electron chi connectivity index (χ4n) is 2.88. The van der Waals surface area contributed by atoms with Gasteiger partial charge in [-0.2, -0.15) is 0 Å². The fraction of sp³-hybridized carbons (Fsp3) is 0.600. The van der Waals surface area contributed by atoms with Crippen LogP contribution in [0.15, 0.2) is 24.3 Å². The van der Waals surface area contributed by atoms with Crippen LogP contribution in [0.4, 0.5) is 0 Å². The van der Waals surface area contributed by atoms with Crippen LogP contribution < -0.4 is 5.73 Å². The van der Waals surface area contributed by atoms with Gasteiger partial charge in [0, 0.05) is 25.7 Å². The highest BCUT2D eigenvalue weighted by molar-refractivity contribution is 5.29. The maximum atomic E-state index is 9.82. The average Bonchev–Trinajstić information content (AvgIpc) is 2.37. The molecule has 0 aromatic heterocycles. The topological polar surface area (TPSA) is 49.5 Å². The summed E-state index contributed by atoms with van der Waals surface area (Å²) in [6, 6.07) is 8.73. The number of aryl methyl sites for hydroxylation is 1. The molecular formula is C15H24N2O. The van der Waals surface area contributed by atoms with Crippen molar-refractivity contribution < 1.29 is 5.11 Å². The third-order valence-electron chi connectivity index (χ3n) is 4.10. The lowest BCUT2D eigenvalue weighted by molar-refractivity contribution is 0.0180. The highest BCUT2D eigenvalue weighted by Gasteiger charge is 2.29. The maximum Gasteiger partial charge on any atom is 0.0590 e. The van der Waals surface area contributed by atoms with Gasteiger partial charge < -0.3 is 10.8 Å². The summed E-state index contributed by atoms with van der Waals surface area (Å²) in [7, 11) is 0. The standard InChI is InChI=1S/C15H24N2O/c1-11-5-3-4-6-13(11)14(9-16)17-8-7-15(18)12(2)10-17/h3-6,12,14-15,18H,7-10,16H2,1-2H3. The molecule has 1 heterocycles. The van der Waals surface area contributed by atoms with Crippen LogP contribution >= 0.6 is 0 Å². The number of aliphatic hydroxyl groups is 1. The van der Waals surface area contributed by atoms with Gasteiger partial charge in [0.05, 0.1) is 6.10 Å². The van der Waals surface area contributed by atoms with Gasteiger partial charge in [0.2, 0.25) is 0 Å². The molecule has 3 atom stereocenters. The van der Waals surface area contributed by atoms with Crippen molar-refractivity contribution in [1.29, 1.82) is 0 Å².